The van der Waals surface area contributed by atoms with Crippen LogP contribution in [0.5, 0.6) is 5.75 Å². The molecule has 3 heteroatoms. The van der Waals surface area contributed by atoms with E-state index < -0.39 is 0 Å². The van der Waals surface area contributed by atoms with Gasteiger partial charge in [-0.05, 0) is 43.7 Å². The second-order valence-corrected chi connectivity index (χ2v) is 5.84. The lowest BCUT2D eigenvalue weighted by Gasteiger charge is -2.34. The highest BCUT2D eigenvalue weighted by atomic mass is 16.5. The molecule has 3 rings (SSSR count). The minimum Gasteiger partial charge on any atom is -0.483 e. The second-order valence-electron chi connectivity index (χ2n) is 5.84. The van der Waals surface area contributed by atoms with Crippen LogP contribution in [0.1, 0.15) is 28.4 Å². The van der Waals surface area contributed by atoms with Crippen molar-refractivity contribution in [1.82, 2.24) is 5.32 Å². The Morgan fingerprint density at radius 3 is 2.77 bits per heavy atom. The summed E-state index contributed by atoms with van der Waals surface area (Å²) in [5.41, 5.74) is 4.88. The fraction of sp³-hybridized carbons (Fsp3) is 0.368. The van der Waals surface area contributed by atoms with Crippen LogP contribution in [0.4, 0.5) is 0 Å². The first-order valence-corrected chi connectivity index (χ1v) is 7.77. The number of ether oxygens (including phenoxy) is 2. The van der Waals surface area contributed by atoms with Crippen molar-refractivity contribution in [2.45, 2.75) is 32.7 Å². The molecule has 0 spiro atoms. The summed E-state index contributed by atoms with van der Waals surface area (Å²) in [4.78, 5) is 0. The van der Waals surface area contributed by atoms with Crippen molar-refractivity contribution in [2.75, 3.05) is 13.6 Å². The average molecular weight is 297 g/mol. The maximum atomic E-state index is 6.39. The van der Waals surface area contributed by atoms with Crippen molar-refractivity contribution >= 4 is 0 Å². The van der Waals surface area contributed by atoms with Gasteiger partial charge in [0.05, 0.1) is 6.61 Å². The molecule has 2 aromatic carbocycles. The first kappa shape index (κ1) is 15.1. The molecule has 0 saturated heterocycles. The normalized spacial score (nSPS) is 20.5. The van der Waals surface area contributed by atoms with Gasteiger partial charge in [0.2, 0.25) is 0 Å². The van der Waals surface area contributed by atoms with Gasteiger partial charge in [-0.2, -0.15) is 0 Å². The van der Waals surface area contributed by atoms with Gasteiger partial charge in [-0.15, -0.1) is 0 Å². The first-order valence-electron chi connectivity index (χ1n) is 7.77. The Morgan fingerprint density at radius 1 is 1.14 bits per heavy atom. The van der Waals surface area contributed by atoms with Crippen LogP contribution >= 0.6 is 0 Å². The van der Waals surface area contributed by atoms with Gasteiger partial charge in [0.25, 0.3) is 0 Å². The van der Waals surface area contributed by atoms with Crippen LogP contribution in [0.25, 0.3) is 0 Å². The third kappa shape index (κ3) is 2.87. The average Bonchev–Trinajstić information content (AvgIpc) is 2.54. The predicted octanol–water partition coefficient (Wildman–Crippen LogP) is 3.54. The highest BCUT2D eigenvalue weighted by Gasteiger charge is 2.32. The molecule has 3 nitrogen and oxygen atoms in total. The second kappa shape index (κ2) is 6.51. The lowest BCUT2D eigenvalue weighted by atomic mass is 9.95. The zero-order valence-electron chi connectivity index (χ0n) is 13.4. The van der Waals surface area contributed by atoms with Crippen LogP contribution in [0.15, 0.2) is 42.5 Å². The van der Waals surface area contributed by atoms with E-state index in [9.17, 15) is 0 Å². The van der Waals surface area contributed by atoms with Gasteiger partial charge in [0.1, 0.15) is 11.9 Å². The Morgan fingerprint density at radius 2 is 1.95 bits per heavy atom. The van der Waals surface area contributed by atoms with Crippen LogP contribution in [0, 0.1) is 13.8 Å². The Kier molecular flexibility index (Phi) is 4.46. The summed E-state index contributed by atoms with van der Waals surface area (Å²) < 4.78 is 12.4. The molecule has 0 radical (unpaired) electrons. The summed E-state index contributed by atoms with van der Waals surface area (Å²) in [5, 5.41) is 3.20. The summed E-state index contributed by atoms with van der Waals surface area (Å²) in [7, 11) is 1.94. The largest absolute Gasteiger partial charge is 0.483 e. The maximum absolute atomic E-state index is 6.39. The van der Waals surface area contributed by atoms with E-state index in [1.165, 1.54) is 22.3 Å². The van der Waals surface area contributed by atoms with Gasteiger partial charge < -0.3 is 14.8 Å². The van der Waals surface area contributed by atoms with E-state index in [-0.39, 0.29) is 12.2 Å². The number of hydrogen-bond acceptors (Lipinski definition) is 3. The fourth-order valence-corrected chi connectivity index (χ4v) is 2.92. The van der Waals surface area contributed by atoms with Gasteiger partial charge in [-0.3, -0.25) is 0 Å². The number of hydrogen-bond donors (Lipinski definition) is 1. The maximum Gasteiger partial charge on any atom is 0.151 e. The topological polar surface area (TPSA) is 30.5 Å². The quantitative estimate of drug-likeness (QED) is 0.936. The smallest absolute Gasteiger partial charge is 0.151 e. The zero-order valence-corrected chi connectivity index (χ0v) is 13.4. The lowest BCUT2D eigenvalue weighted by Crippen LogP contribution is -2.38. The van der Waals surface area contributed by atoms with E-state index in [0.29, 0.717) is 6.61 Å². The molecule has 0 amide bonds. The first-order chi connectivity index (χ1) is 10.7. The van der Waals surface area contributed by atoms with E-state index in [1.807, 2.05) is 19.2 Å². The molecular weight excluding hydrogens is 274 g/mol. The van der Waals surface area contributed by atoms with Crippen molar-refractivity contribution in [2.24, 2.45) is 0 Å². The number of benzene rings is 2. The Balaban J connectivity index is 1.95. The van der Waals surface area contributed by atoms with E-state index >= 15 is 0 Å². The lowest BCUT2D eigenvalue weighted by molar-refractivity contribution is -0.0498. The van der Waals surface area contributed by atoms with Crippen molar-refractivity contribution < 1.29 is 9.47 Å². The molecule has 116 valence electrons. The highest BCUT2D eigenvalue weighted by molar-refractivity contribution is 5.40. The summed E-state index contributed by atoms with van der Waals surface area (Å²) >= 11 is 0. The minimum atomic E-state index is -0.0853. The zero-order chi connectivity index (χ0) is 15.5. The number of aryl methyl sites for hydroxylation is 1. The number of fused-ring (bicyclic) bond motifs is 1. The molecule has 0 bridgehead atoms. The summed E-state index contributed by atoms with van der Waals surface area (Å²) in [6, 6.07) is 14.6. The van der Waals surface area contributed by atoms with Crippen molar-refractivity contribution in [1.29, 1.82) is 0 Å². The van der Waals surface area contributed by atoms with Crippen molar-refractivity contribution in [3.05, 3.63) is 64.7 Å². The van der Waals surface area contributed by atoms with Crippen LogP contribution in [0.3, 0.4) is 0 Å². The van der Waals surface area contributed by atoms with Gasteiger partial charge in [-0.1, -0.05) is 36.4 Å². The number of likely N-dealkylation sites (N-methyl/N-ethyl adjacent to an activating group) is 1. The standard InChI is InChI=1S/C19H23NO2/c1-13-7-6-10-17(14(13)2)22-19-16-9-5-4-8-15(16)12-21-18(19)11-20-3/h4-10,18-20H,11-12H2,1-3H3/t18-,19-/m1/s1. The van der Waals surface area contributed by atoms with Gasteiger partial charge in [-0.25, -0.2) is 0 Å². The van der Waals surface area contributed by atoms with Crippen LogP contribution in [0.2, 0.25) is 0 Å². The third-order valence-electron chi connectivity index (χ3n) is 4.37. The molecule has 2 atom stereocenters. The number of rotatable bonds is 4. The fourth-order valence-electron chi connectivity index (χ4n) is 2.92. The molecule has 1 aliphatic heterocycles. The van der Waals surface area contributed by atoms with E-state index in [1.54, 1.807) is 0 Å². The molecule has 1 heterocycles. The Labute approximate surface area is 132 Å². The molecule has 1 N–H and O–H groups in total. The summed E-state index contributed by atoms with van der Waals surface area (Å²) in [6.45, 7) is 5.63. The highest BCUT2D eigenvalue weighted by Crippen LogP contribution is 2.35. The molecular formula is C19H23NO2. The molecule has 1 aliphatic rings. The molecule has 0 unspecified atom stereocenters. The molecule has 0 aliphatic carbocycles. The SMILES string of the molecule is CNC[C@H]1OCc2ccccc2[C@H]1Oc1cccc(C)c1C. The van der Waals surface area contributed by atoms with Crippen molar-refractivity contribution in [3.63, 3.8) is 0 Å². The molecule has 2 aromatic rings. The van der Waals surface area contributed by atoms with E-state index in [0.717, 1.165) is 12.3 Å². The number of nitrogens with one attached hydrogen (secondary N) is 1. The van der Waals surface area contributed by atoms with Crippen LogP contribution in [-0.4, -0.2) is 19.7 Å². The molecule has 22 heavy (non-hydrogen) atoms. The van der Waals surface area contributed by atoms with Gasteiger partial charge >= 0.3 is 0 Å². The summed E-state index contributed by atoms with van der Waals surface area (Å²) in [6.07, 6.45) is -0.0716. The van der Waals surface area contributed by atoms with Crippen molar-refractivity contribution in [3.8, 4) is 5.75 Å². The predicted molar refractivity (Wildman–Crippen MR) is 88.2 cm³/mol. The van der Waals surface area contributed by atoms with E-state index in [2.05, 4.69) is 49.5 Å². The minimum absolute atomic E-state index is 0.0137. The van der Waals surface area contributed by atoms with Crippen LogP contribution < -0.4 is 10.1 Å². The van der Waals surface area contributed by atoms with Crippen LogP contribution in [-0.2, 0) is 11.3 Å². The van der Waals surface area contributed by atoms with E-state index in [4.69, 9.17) is 9.47 Å². The Bertz CT molecular complexity index is 654. The third-order valence-corrected chi connectivity index (χ3v) is 4.37. The van der Waals surface area contributed by atoms with Gasteiger partial charge in [0, 0.05) is 12.1 Å². The Hall–Kier alpha value is -1.84. The molecule has 0 fully saturated rings. The molecule has 0 aromatic heterocycles. The van der Waals surface area contributed by atoms with Gasteiger partial charge in [0.15, 0.2) is 6.10 Å². The molecule has 0 saturated carbocycles. The summed E-state index contributed by atoms with van der Waals surface area (Å²) in [5.74, 6) is 0.936. The monoisotopic (exact) mass is 297 g/mol.